The van der Waals surface area contributed by atoms with Crippen LogP contribution in [0.4, 0.5) is 0 Å². The van der Waals surface area contributed by atoms with Gasteiger partial charge < -0.3 is 4.74 Å². The molecule has 0 aliphatic carbocycles. The van der Waals surface area contributed by atoms with Crippen LogP contribution in [-0.4, -0.2) is 6.61 Å². The van der Waals surface area contributed by atoms with Gasteiger partial charge in [-0.3, -0.25) is 0 Å². The first-order chi connectivity index (χ1) is 6.43. The molecule has 1 atom stereocenters. The van der Waals surface area contributed by atoms with Crippen LogP contribution in [0.5, 0.6) is 0 Å². The van der Waals surface area contributed by atoms with Gasteiger partial charge in [-0.2, -0.15) is 0 Å². The van der Waals surface area contributed by atoms with E-state index in [2.05, 4.69) is 42.5 Å². The van der Waals surface area contributed by atoms with Crippen molar-refractivity contribution in [1.82, 2.24) is 0 Å². The number of benzene rings is 2. The van der Waals surface area contributed by atoms with Gasteiger partial charge in [-0.25, -0.2) is 0 Å². The summed E-state index contributed by atoms with van der Waals surface area (Å²) in [5, 5.41) is 2.60. The highest BCUT2D eigenvalue weighted by Crippen LogP contribution is 2.31. The highest BCUT2D eigenvalue weighted by Gasteiger charge is 2.24. The predicted molar refractivity (Wildman–Crippen MR) is 52.6 cm³/mol. The van der Waals surface area contributed by atoms with Crippen molar-refractivity contribution < 1.29 is 4.74 Å². The van der Waals surface area contributed by atoms with E-state index in [0.29, 0.717) is 6.10 Å². The van der Waals surface area contributed by atoms with E-state index in [-0.39, 0.29) is 0 Å². The molecule has 0 saturated carbocycles. The van der Waals surface area contributed by atoms with Gasteiger partial charge in [0.25, 0.3) is 0 Å². The second-order valence-corrected chi connectivity index (χ2v) is 3.43. The molecule has 1 saturated heterocycles. The summed E-state index contributed by atoms with van der Waals surface area (Å²) in [5.74, 6) is 0. The Kier molecular flexibility index (Phi) is 1.41. The van der Waals surface area contributed by atoms with Gasteiger partial charge in [0.1, 0.15) is 6.10 Å². The van der Waals surface area contributed by atoms with Crippen LogP contribution in [0.3, 0.4) is 0 Å². The summed E-state index contributed by atoms with van der Waals surface area (Å²) < 4.78 is 5.24. The molecule has 1 heterocycles. The van der Waals surface area contributed by atoms with E-state index >= 15 is 0 Å². The highest BCUT2D eigenvalue weighted by molar-refractivity contribution is 5.83. The fourth-order valence-electron chi connectivity index (χ4n) is 1.65. The monoisotopic (exact) mass is 170 g/mol. The van der Waals surface area contributed by atoms with Crippen LogP contribution in [-0.2, 0) is 4.74 Å². The van der Waals surface area contributed by atoms with Crippen LogP contribution >= 0.6 is 0 Å². The van der Waals surface area contributed by atoms with Crippen LogP contribution in [0.15, 0.2) is 42.5 Å². The summed E-state index contributed by atoms with van der Waals surface area (Å²) >= 11 is 0. The summed E-state index contributed by atoms with van der Waals surface area (Å²) in [4.78, 5) is 0. The summed E-state index contributed by atoms with van der Waals surface area (Å²) in [6, 6.07) is 14.9. The van der Waals surface area contributed by atoms with Gasteiger partial charge in [0.2, 0.25) is 0 Å². The Morgan fingerprint density at radius 3 is 2.54 bits per heavy atom. The van der Waals surface area contributed by atoms with Gasteiger partial charge in [0.15, 0.2) is 0 Å². The Balaban J connectivity index is 2.21. The molecule has 2 aromatic rings. The van der Waals surface area contributed by atoms with Gasteiger partial charge in [0, 0.05) is 0 Å². The van der Waals surface area contributed by atoms with E-state index in [4.69, 9.17) is 4.74 Å². The first kappa shape index (κ1) is 7.10. The van der Waals surface area contributed by atoms with E-state index in [1.165, 1.54) is 16.3 Å². The lowest BCUT2D eigenvalue weighted by atomic mass is 10.1. The average molecular weight is 170 g/mol. The van der Waals surface area contributed by atoms with Crippen LogP contribution in [0.2, 0.25) is 0 Å². The molecular weight excluding hydrogens is 160 g/mol. The van der Waals surface area contributed by atoms with Crippen molar-refractivity contribution in [3.05, 3.63) is 48.0 Å². The molecular formula is C12H10O. The van der Waals surface area contributed by atoms with Crippen molar-refractivity contribution in [2.24, 2.45) is 0 Å². The number of hydrogen-bond acceptors (Lipinski definition) is 1. The average Bonchev–Trinajstić information content (AvgIpc) is 3.00. The zero-order chi connectivity index (χ0) is 8.67. The zero-order valence-corrected chi connectivity index (χ0v) is 7.23. The third-order valence-electron chi connectivity index (χ3n) is 2.48. The van der Waals surface area contributed by atoms with E-state index in [1.54, 1.807) is 0 Å². The quantitative estimate of drug-likeness (QED) is 0.599. The van der Waals surface area contributed by atoms with Crippen LogP contribution < -0.4 is 0 Å². The number of fused-ring (bicyclic) bond motifs is 1. The molecule has 64 valence electrons. The molecule has 0 amide bonds. The van der Waals surface area contributed by atoms with Gasteiger partial charge in [-0.1, -0.05) is 36.4 Å². The Hall–Kier alpha value is -1.34. The summed E-state index contributed by atoms with van der Waals surface area (Å²) in [6.45, 7) is 0.887. The third kappa shape index (κ3) is 1.21. The molecule has 1 fully saturated rings. The maximum atomic E-state index is 5.24. The minimum absolute atomic E-state index is 0.365. The van der Waals surface area contributed by atoms with Gasteiger partial charge in [-0.05, 0) is 22.4 Å². The van der Waals surface area contributed by atoms with Gasteiger partial charge >= 0.3 is 0 Å². The maximum absolute atomic E-state index is 5.24. The Morgan fingerprint density at radius 1 is 1.00 bits per heavy atom. The molecule has 0 aromatic heterocycles. The Morgan fingerprint density at radius 2 is 1.77 bits per heavy atom. The SMILES string of the molecule is c1ccc2cc([C@H]3CO3)ccc2c1. The van der Waals surface area contributed by atoms with Crippen molar-refractivity contribution in [1.29, 1.82) is 0 Å². The molecule has 1 aliphatic rings. The largest absolute Gasteiger partial charge is 0.368 e. The molecule has 2 aromatic carbocycles. The number of rotatable bonds is 1. The molecule has 0 radical (unpaired) electrons. The van der Waals surface area contributed by atoms with E-state index < -0.39 is 0 Å². The molecule has 3 rings (SSSR count). The first-order valence-electron chi connectivity index (χ1n) is 4.54. The van der Waals surface area contributed by atoms with Crippen LogP contribution in [0.1, 0.15) is 11.7 Å². The summed E-state index contributed by atoms with van der Waals surface area (Å²) in [5.41, 5.74) is 1.30. The zero-order valence-electron chi connectivity index (χ0n) is 7.23. The van der Waals surface area contributed by atoms with Gasteiger partial charge in [0.05, 0.1) is 6.61 Å². The number of hydrogen-bond donors (Lipinski definition) is 0. The maximum Gasteiger partial charge on any atom is 0.106 e. The molecule has 0 unspecified atom stereocenters. The van der Waals surface area contributed by atoms with Crippen molar-refractivity contribution in [3.8, 4) is 0 Å². The lowest BCUT2D eigenvalue weighted by molar-refractivity contribution is 0.416. The highest BCUT2D eigenvalue weighted by atomic mass is 16.6. The Labute approximate surface area is 77.0 Å². The smallest absolute Gasteiger partial charge is 0.106 e. The van der Waals surface area contributed by atoms with Gasteiger partial charge in [-0.15, -0.1) is 0 Å². The van der Waals surface area contributed by atoms with Crippen molar-refractivity contribution in [3.63, 3.8) is 0 Å². The minimum atomic E-state index is 0.365. The fraction of sp³-hybridized carbons (Fsp3) is 0.167. The number of epoxide rings is 1. The van der Waals surface area contributed by atoms with Crippen molar-refractivity contribution in [2.75, 3.05) is 6.61 Å². The lowest BCUT2D eigenvalue weighted by Crippen LogP contribution is -1.80. The fourth-order valence-corrected chi connectivity index (χ4v) is 1.65. The van der Waals surface area contributed by atoms with Crippen molar-refractivity contribution >= 4 is 10.8 Å². The Bertz CT molecular complexity index is 444. The molecule has 1 aliphatic heterocycles. The second kappa shape index (κ2) is 2.57. The third-order valence-corrected chi connectivity index (χ3v) is 2.48. The standard InChI is InChI=1S/C12H10O/c1-2-4-10-7-11(12-8-13-12)6-5-9(10)3-1/h1-7,12H,8H2/t12-/m1/s1. The van der Waals surface area contributed by atoms with Crippen LogP contribution in [0, 0.1) is 0 Å². The van der Waals surface area contributed by atoms with Crippen molar-refractivity contribution in [2.45, 2.75) is 6.10 Å². The summed E-state index contributed by atoms with van der Waals surface area (Å²) in [7, 11) is 0. The minimum Gasteiger partial charge on any atom is -0.368 e. The predicted octanol–water partition coefficient (Wildman–Crippen LogP) is 2.91. The molecule has 13 heavy (non-hydrogen) atoms. The van der Waals surface area contributed by atoms with Crippen LogP contribution in [0.25, 0.3) is 10.8 Å². The lowest BCUT2D eigenvalue weighted by Gasteiger charge is -1.99. The second-order valence-electron chi connectivity index (χ2n) is 3.43. The number of ether oxygens (including phenoxy) is 1. The first-order valence-corrected chi connectivity index (χ1v) is 4.54. The topological polar surface area (TPSA) is 12.5 Å². The summed E-state index contributed by atoms with van der Waals surface area (Å²) in [6.07, 6.45) is 0.365. The molecule has 0 bridgehead atoms. The van der Waals surface area contributed by atoms with E-state index in [1.807, 2.05) is 0 Å². The normalized spacial score (nSPS) is 20.5. The molecule has 0 spiro atoms. The van der Waals surface area contributed by atoms with E-state index in [0.717, 1.165) is 6.61 Å². The molecule has 0 N–H and O–H groups in total. The van der Waals surface area contributed by atoms with E-state index in [9.17, 15) is 0 Å². The molecule has 1 heteroatoms. The molecule has 1 nitrogen and oxygen atoms in total.